The zero-order chi connectivity index (χ0) is 14.6. The normalized spacial score (nSPS) is 16.6. The third-order valence-electron chi connectivity index (χ3n) is 3.60. The van der Waals surface area contributed by atoms with Crippen LogP contribution in [-0.4, -0.2) is 29.3 Å². The van der Waals surface area contributed by atoms with E-state index in [2.05, 4.69) is 10.2 Å². The third kappa shape index (κ3) is 3.59. The zero-order valence-electron chi connectivity index (χ0n) is 11.2. The van der Waals surface area contributed by atoms with Crippen molar-refractivity contribution in [3.63, 3.8) is 0 Å². The van der Waals surface area contributed by atoms with Crippen LogP contribution in [0.2, 0.25) is 0 Å². The number of hydrogen-bond donors (Lipinski definition) is 1. The van der Waals surface area contributed by atoms with E-state index in [1.807, 2.05) is 4.90 Å². The molecule has 20 heavy (non-hydrogen) atoms. The molecule has 0 bridgehead atoms. The van der Waals surface area contributed by atoms with Crippen molar-refractivity contribution in [2.45, 2.75) is 44.3 Å². The van der Waals surface area contributed by atoms with E-state index in [0.717, 1.165) is 38.2 Å². The maximum atomic E-state index is 12.5. The van der Waals surface area contributed by atoms with Crippen LogP contribution in [0.25, 0.3) is 0 Å². The van der Waals surface area contributed by atoms with E-state index in [9.17, 15) is 13.2 Å². The Kier molecular flexibility index (Phi) is 4.80. The van der Waals surface area contributed by atoms with Crippen molar-refractivity contribution in [2.75, 3.05) is 18.0 Å². The first-order valence-corrected chi connectivity index (χ1v) is 6.90. The van der Waals surface area contributed by atoms with Gasteiger partial charge in [0, 0.05) is 12.6 Å². The zero-order valence-corrected chi connectivity index (χ0v) is 11.2. The first-order chi connectivity index (χ1) is 9.52. The van der Waals surface area contributed by atoms with Crippen LogP contribution in [0.4, 0.5) is 19.0 Å². The molecule has 2 rings (SSSR count). The van der Waals surface area contributed by atoms with Crippen LogP contribution < -0.4 is 10.6 Å². The topological polar surface area (TPSA) is 55.0 Å². The fourth-order valence-corrected chi connectivity index (χ4v) is 2.59. The van der Waals surface area contributed by atoms with Crippen LogP contribution >= 0.6 is 0 Å². The molecule has 0 spiro atoms. The average Bonchev–Trinajstić information content (AvgIpc) is 2.93. The SMILES string of the molecule is NCCCN(c1ccc(C(F)(F)F)nn1)C1CCCC1. The van der Waals surface area contributed by atoms with Gasteiger partial charge in [0.2, 0.25) is 0 Å². The molecule has 1 aromatic heterocycles. The van der Waals surface area contributed by atoms with Crippen LogP contribution in [0.3, 0.4) is 0 Å². The summed E-state index contributed by atoms with van der Waals surface area (Å²) in [5, 5.41) is 7.06. The third-order valence-corrected chi connectivity index (χ3v) is 3.60. The highest BCUT2D eigenvalue weighted by molar-refractivity contribution is 5.39. The predicted octanol–water partition coefficient (Wildman–Crippen LogP) is 2.59. The minimum atomic E-state index is -4.44. The van der Waals surface area contributed by atoms with Crippen molar-refractivity contribution in [2.24, 2.45) is 5.73 Å². The second kappa shape index (κ2) is 6.39. The van der Waals surface area contributed by atoms with E-state index in [1.165, 1.54) is 6.07 Å². The Morgan fingerprint density at radius 1 is 1.20 bits per heavy atom. The van der Waals surface area contributed by atoms with Crippen LogP contribution in [0.15, 0.2) is 12.1 Å². The van der Waals surface area contributed by atoms with E-state index >= 15 is 0 Å². The molecule has 1 aliphatic rings. The molecule has 1 saturated carbocycles. The molecule has 1 heterocycles. The molecule has 0 aliphatic heterocycles. The van der Waals surface area contributed by atoms with Gasteiger partial charge in [-0.25, -0.2) is 0 Å². The molecule has 112 valence electrons. The maximum Gasteiger partial charge on any atom is 0.435 e. The predicted molar refractivity (Wildman–Crippen MR) is 70.3 cm³/mol. The molecule has 0 amide bonds. The summed E-state index contributed by atoms with van der Waals surface area (Å²) in [7, 11) is 0. The van der Waals surface area contributed by atoms with Gasteiger partial charge >= 0.3 is 6.18 Å². The Balaban J connectivity index is 2.15. The monoisotopic (exact) mass is 288 g/mol. The van der Waals surface area contributed by atoms with Gasteiger partial charge in [0.25, 0.3) is 0 Å². The fraction of sp³-hybridized carbons (Fsp3) is 0.692. The largest absolute Gasteiger partial charge is 0.435 e. The standard InChI is InChI=1S/C13H19F3N4/c14-13(15,16)11-6-7-12(19-18-11)20(9-3-8-17)10-4-1-2-5-10/h6-7,10H,1-5,8-9,17H2. The lowest BCUT2D eigenvalue weighted by atomic mass is 10.2. The number of anilines is 1. The van der Waals surface area contributed by atoms with Crippen molar-refractivity contribution < 1.29 is 13.2 Å². The van der Waals surface area contributed by atoms with Gasteiger partial charge in [-0.15, -0.1) is 10.2 Å². The number of alkyl halides is 3. The van der Waals surface area contributed by atoms with Crippen molar-refractivity contribution in [1.29, 1.82) is 0 Å². The number of halogens is 3. The van der Waals surface area contributed by atoms with Crippen LogP contribution in [0.1, 0.15) is 37.8 Å². The lowest BCUT2D eigenvalue weighted by Crippen LogP contribution is -2.36. The second-order valence-corrected chi connectivity index (χ2v) is 5.05. The van der Waals surface area contributed by atoms with Crippen molar-refractivity contribution in [3.05, 3.63) is 17.8 Å². The summed E-state index contributed by atoms with van der Waals surface area (Å²) in [4.78, 5) is 2.05. The Morgan fingerprint density at radius 2 is 1.90 bits per heavy atom. The van der Waals surface area contributed by atoms with E-state index < -0.39 is 11.9 Å². The molecule has 2 N–H and O–H groups in total. The van der Waals surface area contributed by atoms with Crippen molar-refractivity contribution in [1.82, 2.24) is 10.2 Å². The molecule has 0 saturated heterocycles. The summed E-state index contributed by atoms with van der Waals surface area (Å²) >= 11 is 0. The summed E-state index contributed by atoms with van der Waals surface area (Å²) in [5.74, 6) is 0.512. The minimum absolute atomic E-state index is 0.340. The molecule has 7 heteroatoms. The number of aromatic nitrogens is 2. The molecular weight excluding hydrogens is 269 g/mol. The first kappa shape index (κ1) is 15.0. The summed E-state index contributed by atoms with van der Waals surface area (Å²) in [6, 6.07) is 2.74. The van der Waals surface area contributed by atoms with Gasteiger partial charge < -0.3 is 10.6 Å². The van der Waals surface area contributed by atoms with Crippen molar-refractivity contribution >= 4 is 5.82 Å². The molecule has 1 aliphatic carbocycles. The van der Waals surface area contributed by atoms with E-state index in [0.29, 0.717) is 24.9 Å². The highest BCUT2D eigenvalue weighted by Gasteiger charge is 2.33. The summed E-state index contributed by atoms with van der Waals surface area (Å²) in [6.45, 7) is 1.26. The summed E-state index contributed by atoms with van der Waals surface area (Å²) in [5.41, 5.74) is 4.57. The molecule has 1 fully saturated rings. The molecule has 0 atom stereocenters. The van der Waals surface area contributed by atoms with Crippen LogP contribution in [0, 0.1) is 0 Å². The number of nitrogens with zero attached hydrogens (tertiary/aromatic N) is 3. The average molecular weight is 288 g/mol. The van der Waals surface area contributed by atoms with Crippen LogP contribution in [-0.2, 0) is 6.18 Å². The van der Waals surface area contributed by atoms with Crippen molar-refractivity contribution in [3.8, 4) is 0 Å². The van der Waals surface area contributed by atoms with Gasteiger partial charge in [-0.05, 0) is 37.9 Å². The lowest BCUT2D eigenvalue weighted by Gasteiger charge is -2.29. The Bertz CT molecular complexity index is 413. The van der Waals surface area contributed by atoms with Gasteiger partial charge in [-0.1, -0.05) is 12.8 Å². The molecule has 1 aromatic rings. The Hall–Kier alpha value is -1.37. The van der Waals surface area contributed by atoms with E-state index in [1.54, 1.807) is 0 Å². The van der Waals surface area contributed by atoms with Gasteiger partial charge in [-0.2, -0.15) is 13.2 Å². The molecule has 0 aromatic carbocycles. The molecule has 4 nitrogen and oxygen atoms in total. The smallest absolute Gasteiger partial charge is 0.352 e. The lowest BCUT2D eigenvalue weighted by molar-refractivity contribution is -0.141. The van der Waals surface area contributed by atoms with Gasteiger partial charge in [0.15, 0.2) is 11.5 Å². The number of hydrogen-bond acceptors (Lipinski definition) is 4. The van der Waals surface area contributed by atoms with Gasteiger partial charge in [-0.3, -0.25) is 0 Å². The fourth-order valence-electron chi connectivity index (χ4n) is 2.59. The molecule has 0 unspecified atom stereocenters. The maximum absolute atomic E-state index is 12.5. The van der Waals surface area contributed by atoms with E-state index in [-0.39, 0.29) is 0 Å². The van der Waals surface area contributed by atoms with Gasteiger partial charge in [0.05, 0.1) is 0 Å². The summed E-state index contributed by atoms with van der Waals surface area (Å²) < 4.78 is 37.5. The molecule has 0 radical (unpaired) electrons. The van der Waals surface area contributed by atoms with E-state index in [4.69, 9.17) is 5.73 Å². The quantitative estimate of drug-likeness (QED) is 0.905. The minimum Gasteiger partial charge on any atom is -0.352 e. The molecular formula is C13H19F3N4. The summed E-state index contributed by atoms with van der Waals surface area (Å²) in [6.07, 6.45) is 0.746. The highest BCUT2D eigenvalue weighted by atomic mass is 19.4. The Morgan fingerprint density at radius 3 is 2.40 bits per heavy atom. The number of nitrogens with two attached hydrogens (primary N) is 1. The second-order valence-electron chi connectivity index (χ2n) is 5.05. The number of rotatable bonds is 5. The highest BCUT2D eigenvalue weighted by Crippen LogP contribution is 2.30. The first-order valence-electron chi connectivity index (χ1n) is 6.90. The van der Waals surface area contributed by atoms with Gasteiger partial charge in [0.1, 0.15) is 0 Å². The van der Waals surface area contributed by atoms with Crippen LogP contribution in [0.5, 0.6) is 0 Å². The Labute approximate surface area is 116 Å².